The zero-order chi connectivity index (χ0) is 28.6. The van der Waals surface area contributed by atoms with Crippen molar-refractivity contribution in [2.75, 3.05) is 49.2 Å². The first-order valence-corrected chi connectivity index (χ1v) is 15.2. The molecule has 0 aliphatic carbocycles. The van der Waals surface area contributed by atoms with Gasteiger partial charge in [0.05, 0.1) is 17.9 Å². The number of alkyl halides is 1. The van der Waals surface area contributed by atoms with E-state index in [1.54, 1.807) is 12.4 Å². The highest BCUT2D eigenvalue weighted by atomic mass is 32.2. The van der Waals surface area contributed by atoms with E-state index >= 15 is 0 Å². The molecule has 2 fully saturated rings. The van der Waals surface area contributed by atoms with E-state index in [1.165, 1.54) is 16.4 Å². The second-order valence-corrected chi connectivity index (χ2v) is 12.6. The molecule has 0 amide bonds. The first kappa shape index (κ1) is 28.1. The molecular weight excluding hydrogens is 536 g/mol. The maximum absolute atomic E-state index is 14.9. The summed E-state index contributed by atoms with van der Waals surface area (Å²) in [7, 11) is -3.43. The summed E-state index contributed by atoms with van der Waals surface area (Å²) >= 11 is 0. The number of nitrogens with zero attached hydrogens (tertiary/aromatic N) is 6. The number of rotatable bonds is 6. The quantitative estimate of drug-likeness (QED) is 0.479. The summed E-state index contributed by atoms with van der Waals surface area (Å²) in [5.41, 5.74) is 0.872. The molecule has 2 saturated heterocycles. The van der Waals surface area contributed by atoms with Gasteiger partial charge in [-0.2, -0.15) is 9.57 Å². The normalized spacial score (nSPS) is 23.6. The number of nitriles is 1. The molecule has 0 bridgehead atoms. The molecule has 0 spiro atoms. The fourth-order valence-electron chi connectivity index (χ4n) is 5.63. The molecule has 0 radical (unpaired) electrons. The van der Waals surface area contributed by atoms with Gasteiger partial charge in [0.15, 0.2) is 0 Å². The summed E-state index contributed by atoms with van der Waals surface area (Å²) < 4.78 is 53.9. The number of aromatic nitrogens is 2. The average molecular weight is 570 g/mol. The van der Waals surface area contributed by atoms with Gasteiger partial charge in [-0.1, -0.05) is 6.07 Å². The molecule has 4 heterocycles. The van der Waals surface area contributed by atoms with Gasteiger partial charge in [-0.15, -0.1) is 0 Å². The van der Waals surface area contributed by atoms with Crippen molar-refractivity contribution in [2.24, 2.45) is 0 Å². The molecule has 9 nitrogen and oxygen atoms in total. The summed E-state index contributed by atoms with van der Waals surface area (Å²) in [5, 5.41) is 14.0. The van der Waals surface area contributed by atoms with Crippen molar-refractivity contribution in [1.29, 1.82) is 5.26 Å². The molecule has 2 aliphatic heterocycles. The third-order valence-corrected chi connectivity index (χ3v) is 9.28. The van der Waals surface area contributed by atoms with Crippen LogP contribution in [0.5, 0.6) is 0 Å². The smallest absolute Gasteiger partial charge is 0.211 e. The van der Waals surface area contributed by atoms with E-state index in [-0.39, 0.29) is 30.7 Å². The van der Waals surface area contributed by atoms with Gasteiger partial charge in [0.2, 0.25) is 10.0 Å². The Morgan fingerprint density at radius 1 is 1.15 bits per heavy atom. The number of piperidine rings is 1. The SMILES string of the molecule is CC1CN([C@H](C)c2ccc(C#N)c(F)c2)CCN1c1nccc2cnc(N[C@@H]3CCN(S(C)(=O)=O)C[C@H]3F)cc12. The first-order chi connectivity index (χ1) is 19.0. The Morgan fingerprint density at radius 2 is 1.95 bits per heavy atom. The lowest BCUT2D eigenvalue weighted by Crippen LogP contribution is -2.52. The van der Waals surface area contributed by atoms with Crippen molar-refractivity contribution in [3.05, 3.63) is 59.7 Å². The van der Waals surface area contributed by atoms with Crippen LogP contribution in [0.25, 0.3) is 10.8 Å². The van der Waals surface area contributed by atoms with Crippen LogP contribution in [-0.4, -0.2) is 84.8 Å². The number of benzene rings is 1. The molecule has 4 atom stereocenters. The predicted octanol–water partition coefficient (Wildman–Crippen LogP) is 3.70. The van der Waals surface area contributed by atoms with Crippen LogP contribution in [0.3, 0.4) is 0 Å². The van der Waals surface area contributed by atoms with Crippen molar-refractivity contribution >= 4 is 32.4 Å². The molecule has 12 heteroatoms. The Kier molecular flexibility index (Phi) is 7.90. The zero-order valence-electron chi connectivity index (χ0n) is 22.8. The fourth-order valence-corrected chi connectivity index (χ4v) is 6.48. The number of sulfonamides is 1. The molecule has 3 aromatic rings. The van der Waals surface area contributed by atoms with Gasteiger partial charge in [0.1, 0.15) is 29.7 Å². The summed E-state index contributed by atoms with van der Waals surface area (Å²) in [6.07, 6.45) is 3.58. The molecule has 0 saturated carbocycles. The molecule has 2 aromatic heterocycles. The first-order valence-electron chi connectivity index (χ1n) is 13.4. The van der Waals surface area contributed by atoms with Crippen LogP contribution in [0.1, 0.15) is 37.4 Å². The molecular formula is C28H33F2N7O2S. The van der Waals surface area contributed by atoms with Gasteiger partial charge in [-0.25, -0.2) is 27.2 Å². The summed E-state index contributed by atoms with van der Waals surface area (Å²) in [5.74, 6) is 0.831. The Morgan fingerprint density at radius 3 is 2.62 bits per heavy atom. The molecule has 2 aliphatic rings. The van der Waals surface area contributed by atoms with Crippen LogP contribution in [0, 0.1) is 17.1 Å². The van der Waals surface area contributed by atoms with Crippen LogP contribution >= 0.6 is 0 Å². The van der Waals surface area contributed by atoms with Gasteiger partial charge in [0, 0.05) is 68.0 Å². The second kappa shape index (κ2) is 11.2. The minimum atomic E-state index is -3.43. The lowest BCUT2D eigenvalue weighted by molar-refractivity contribution is 0.175. The minimum Gasteiger partial charge on any atom is -0.364 e. The van der Waals surface area contributed by atoms with Crippen molar-refractivity contribution in [2.45, 2.75) is 44.6 Å². The zero-order valence-corrected chi connectivity index (χ0v) is 23.6. The van der Waals surface area contributed by atoms with Crippen LogP contribution in [-0.2, 0) is 10.0 Å². The van der Waals surface area contributed by atoms with Crippen LogP contribution < -0.4 is 10.2 Å². The number of hydrogen-bond donors (Lipinski definition) is 1. The molecule has 5 rings (SSSR count). The number of hydrogen-bond acceptors (Lipinski definition) is 8. The number of nitrogens with one attached hydrogen (secondary N) is 1. The monoisotopic (exact) mass is 569 g/mol. The predicted molar refractivity (Wildman–Crippen MR) is 151 cm³/mol. The number of halogens is 2. The summed E-state index contributed by atoms with van der Waals surface area (Å²) in [6, 6.07) is 9.97. The highest BCUT2D eigenvalue weighted by Gasteiger charge is 2.34. The van der Waals surface area contributed by atoms with Gasteiger partial charge >= 0.3 is 0 Å². The van der Waals surface area contributed by atoms with Gasteiger partial charge in [-0.05, 0) is 50.1 Å². The van der Waals surface area contributed by atoms with Crippen LogP contribution in [0.15, 0.2) is 42.7 Å². The Bertz CT molecular complexity index is 1550. The standard InChI is InChI=1S/C28H33F2N7O2S/c1-18-16-35(19(2)20-4-5-21(14-31)24(29)12-20)10-11-37(18)28-23-13-27(33-15-22(23)6-8-32-28)34-26-7-9-36(17-25(26)30)40(3,38)39/h4-6,8,12-13,15,18-19,25-26H,7,9-11,16-17H2,1-3H3,(H,33,34)/t18?,19-,25-,26-/m1/s1. The Hall–Kier alpha value is -3.40. The fraction of sp³-hybridized carbons (Fsp3) is 0.464. The Balaban J connectivity index is 1.31. The molecule has 1 N–H and O–H groups in total. The number of fused-ring (bicyclic) bond motifs is 1. The number of pyridine rings is 2. The molecule has 40 heavy (non-hydrogen) atoms. The van der Waals surface area contributed by atoms with Gasteiger partial charge in [-0.3, -0.25) is 4.90 Å². The minimum absolute atomic E-state index is 0.0184. The molecule has 1 unspecified atom stereocenters. The van der Waals surface area contributed by atoms with E-state index < -0.39 is 28.1 Å². The highest BCUT2D eigenvalue weighted by molar-refractivity contribution is 7.88. The number of anilines is 2. The van der Waals surface area contributed by atoms with Crippen molar-refractivity contribution in [1.82, 2.24) is 19.2 Å². The van der Waals surface area contributed by atoms with Gasteiger partial charge < -0.3 is 10.2 Å². The van der Waals surface area contributed by atoms with E-state index in [1.807, 2.05) is 31.2 Å². The van der Waals surface area contributed by atoms with E-state index in [4.69, 9.17) is 10.2 Å². The van der Waals surface area contributed by atoms with Crippen molar-refractivity contribution in [3.63, 3.8) is 0 Å². The third-order valence-electron chi connectivity index (χ3n) is 8.01. The van der Waals surface area contributed by atoms with Crippen LogP contribution in [0.4, 0.5) is 20.4 Å². The Labute approximate surface area is 233 Å². The van der Waals surface area contributed by atoms with E-state index in [0.717, 1.165) is 41.5 Å². The lowest BCUT2D eigenvalue weighted by Gasteiger charge is -2.43. The molecule has 212 valence electrons. The lowest BCUT2D eigenvalue weighted by atomic mass is 10.0. The largest absolute Gasteiger partial charge is 0.364 e. The maximum Gasteiger partial charge on any atom is 0.211 e. The van der Waals surface area contributed by atoms with E-state index in [0.29, 0.717) is 18.8 Å². The maximum atomic E-state index is 14.9. The molecule has 1 aromatic carbocycles. The van der Waals surface area contributed by atoms with E-state index in [9.17, 15) is 17.2 Å². The van der Waals surface area contributed by atoms with Gasteiger partial charge in [0.25, 0.3) is 0 Å². The summed E-state index contributed by atoms with van der Waals surface area (Å²) in [4.78, 5) is 13.7. The van der Waals surface area contributed by atoms with Crippen molar-refractivity contribution < 1.29 is 17.2 Å². The highest BCUT2D eigenvalue weighted by Crippen LogP contribution is 2.32. The van der Waals surface area contributed by atoms with Crippen LogP contribution in [0.2, 0.25) is 0 Å². The second-order valence-electron chi connectivity index (χ2n) is 10.7. The van der Waals surface area contributed by atoms with Crippen molar-refractivity contribution in [3.8, 4) is 6.07 Å². The topological polar surface area (TPSA) is 105 Å². The summed E-state index contributed by atoms with van der Waals surface area (Å²) in [6.45, 7) is 6.43. The third kappa shape index (κ3) is 5.73. The number of piperazine rings is 1. The average Bonchev–Trinajstić information content (AvgIpc) is 2.93. The van der Waals surface area contributed by atoms with E-state index in [2.05, 4.69) is 27.0 Å².